The molecule has 2 heterocycles. The molecule has 0 aromatic heterocycles. The summed E-state index contributed by atoms with van der Waals surface area (Å²) in [6.45, 7) is 7.82. The molecule has 3 aliphatic rings. The summed E-state index contributed by atoms with van der Waals surface area (Å²) in [5.74, 6) is 0. The first-order valence-electron chi connectivity index (χ1n) is 9.51. The lowest BCUT2D eigenvalue weighted by molar-refractivity contribution is -0.0474. The normalized spacial score (nSPS) is 28.6. The summed E-state index contributed by atoms with van der Waals surface area (Å²) in [5, 5.41) is 3.18. The smallest absolute Gasteiger partial charge is 0.317 e. The van der Waals surface area contributed by atoms with Crippen molar-refractivity contribution in [3.63, 3.8) is 0 Å². The highest BCUT2D eigenvalue weighted by molar-refractivity contribution is 5.74. The zero-order valence-electron chi connectivity index (χ0n) is 15.2. The van der Waals surface area contributed by atoms with Crippen LogP contribution >= 0.6 is 0 Å². The van der Waals surface area contributed by atoms with E-state index in [9.17, 15) is 4.79 Å². The topological polar surface area (TPSA) is 50.8 Å². The lowest BCUT2D eigenvalue weighted by atomic mass is 9.78. The molecule has 24 heavy (non-hydrogen) atoms. The summed E-state index contributed by atoms with van der Waals surface area (Å²) in [5.41, 5.74) is 1.52. The highest BCUT2D eigenvalue weighted by atomic mass is 16.5. The van der Waals surface area contributed by atoms with Gasteiger partial charge in [-0.2, -0.15) is 0 Å². The van der Waals surface area contributed by atoms with Crippen LogP contribution in [0, 0.1) is 5.41 Å². The second-order valence-corrected chi connectivity index (χ2v) is 7.90. The summed E-state index contributed by atoms with van der Waals surface area (Å²) in [6.07, 6.45) is 9.52. The molecule has 5 nitrogen and oxygen atoms in total. The maximum Gasteiger partial charge on any atom is 0.317 e. The van der Waals surface area contributed by atoms with Gasteiger partial charge in [-0.15, -0.1) is 0 Å². The molecule has 1 N–H and O–H groups in total. The molecule has 2 atom stereocenters. The molecule has 0 spiro atoms. The third-order valence-electron chi connectivity index (χ3n) is 5.66. The molecule has 2 amide bonds. The third kappa shape index (κ3) is 4.12. The van der Waals surface area contributed by atoms with Crippen LogP contribution in [0.25, 0.3) is 0 Å². The minimum atomic E-state index is 0.0295. The molecule has 0 aromatic carbocycles. The van der Waals surface area contributed by atoms with E-state index in [-0.39, 0.29) is 23.6 Å². The van der Waals surface area contributed by atoms with Crippen molar-refractivity contribution in [2.24, 2.45) is 5.41 Å². The molecule has 0 radical (unpaired) electrons. The van der Waals surface area contributed by atoms with E-state index in [1.165, 1.54) is 31.3 Å². The Morgan fingerprint density at radius 1 is 1.33 bits per heavy atom. The number of nitrogens with zero attached hydrogens (tertiary/aromatic N) is 1. The van der Waals surface area contributed by atoms with Gasteiger partial charge in [0.2, 0.25) is 0 Å². The van der Waals surface area contributed by atoms with E-state index in [4.69, 9.17) is 9.47 Å². The van der Waals surface area contributed by atoms with Gasteiger partial charge in [0.25, 0.3) is 0 Å². The Balaban J connectivity index is 1.57. The van der Waals surface area contributed by atoms with Crippen LogP contribution in [0.2, 0.25) is 0 Å². The van der Waals surface area contributed by atoms with Gasteiger partial charge in [0.05, 0.1) is 25.4 Å². The Hall–Kier alpha value is -1.07. The van der Waals surface area contributed by atoms with Crippen molar-refractivity contribution in [3.05, 3.63) is 11.6 Å². The number of carbonyl (C=O) groups is 1. The summed E-state index contributed by atoms with van der Waals surface area (Å²) >= 11 is 0. The van der Waals surface area contributed by atoms with Gasteiger partial charge in [-0.3, -0.25) is 0 Å². The van der Waals surface area contributed by atoms with Crippen molar-refractivity contribution >= 4 is 6.03 Å². The molecule has 136 valence electrons. The van der Waals surface area contributed by atoms with Crippen LogP contribution in [0.5, 0.6) is 0 Å². The quantitative estimate of drug-likeness (QED) is 0.803. The Kier molecular flexibility index (Phi) is 5.82. The number of carbonyl (C=O) groups excluding carboxylic acids is 1. The first kappa shape index (κ1) is 17.7. The van der Waals surface area contributed by atoms with Crippen LogP contribution in [0.15, 0.2) is 11.6 Å². The van der Waals surface area contributed by atoms with Crippen LogP contribution in [0.3, 0.4) is 0 Å². The van der Waals surface area contributed by atoms with Gasteiger partial charge < -0.3 is 19.7 Å². The lowest BCUT2D eigenvalue weighted by Gasteiger charge is -2.39. The SMILES string of the molecule is CC(C)(CNC(=O)N1CCOCC1C1CCCO1)C1=CCCCC1. The largest absolute Gasteiger partial charge is 0.377 e. The van der Waals surface area contributed by atoms with Gasteiger partial charge in [-0.25, -0.2) is 4.79 Å². The number of allylic oxidation sites excluding steroid dienone is 1. The zero-order chi connectivity index (χ0) is 17.0. The maximum absolute atomic E-state index is 12.8. The molecule has 0 saturated carbocycles. The Morgan fingerprint density at radius 3 is 2.92 bits per heavy atom. The number of nitrogens with one attached hydrogen (secondary N) is 1. The number of rotatable bonds is 4. The number of urea groups is 1. The fourth-order valence-electron chi connectivity index (χ4n) is 4.05. The molecule has 0 aromatic rings. The van der Waals surface area contributed by atoms with Gasteiger partial charge in [-0.05, 0) is 38.5 Å². The second-order valence-electron chi connectivity index (χ2n) is 7.90. The predicted molar refractivity (Wildman–Crippen MR) is 94.0 cm³/mol. The van der Waals surface area contributed by atoms with Gasteiger partial charge >= 0.3 is 6.03 Å². The maximum atomic E-state index is 12.8. The number of morpholine rings is 1. The van der Waals surface area contributed by atoms with Gasteiger partial charge in [0.15, 0.2) is 0 Å². The molecule has 1 aliphatic carbocycles. The number of hydrogen-bond acceptors (Lipinski definition) is 3. The van der Waals surface area contributed by atoms with Crippen molar-refractivity contribution in [3.8, 4) is 0 Å². The summed E-state index contributed by atoms with van der Waals surface area (Å²) < 4.78 is 11.4. The van der Waals surface area contributed by atoms with Crippen LogP contribution < -0.4 is 5.32 Å². The molecule has 2 aliphatic heterocycles. The number of ether oxygens (including phenoxy) is 2. The van der Waals surface area contributed by atoms with Crippen molar-refractivity contribution in [1.82, 2.24) is 10.2 Å². The first-order chi connectivity index (χ1) is 11.6. The van der Waals surface area contributed by atoms with Crippen LogP contribution in [-0.2, 0) is 9.47 Å². The molecule has 2 fully saturated rings. The fraction of sp³-hybridized carbons (Fsp3) is 0.842. The van der Waals surface area contributed by atoms with Gasteiger partial charge in [0.1, 0.15) is 0 Å². The summed E-state index contributed by atoms with van der Waals surface area (Å²) in [7, 11) is 0. The Bertz CT molecular complexity index is 469. The van der Waals surface area contributed by atoms with E-state index >= 15 is 0 Å². The standard InChI is InChI=1S/C19H32N2O3/c1-19(2,15-7-4-3-5-8-15)14-20-18(22)21-10-12-23-13-16(21)17-9-6-11-24-17/h7,16-17H,3-6,8-14H2,1-2H3,(H,20,22). The van der Waals surface area contributed by atoms with Crippen LogP contribution in [-0.4, -0.2) is 56.0 Å². The van der Waals surface area contributed by atoms with E-state index in [2.05, 4.69) is 25.2 Å². The van der Waals surface area contributed by atoms with E-state index in [1.54, 1.807) is 0 Å². The van der Waals surface area contributed by atoms with Crippen LogP contribution in [0.1, 0.15) is 52.4 Å². The number of amides is 2. The minimum Gasteiger partial charge on any atom is -0.377 e. The summed E-state index contributed by atoms with van der Waals surface area (Å²) in [4.78, 5) is 14.7. The molecular formula is C19H32N2O3. The van der Waals surface area contributed by atoms with E-state index in [1.807, 2.05) is 4.90 Å². The van der Waals surface area contributed by atoms with Crippen molar-refractivity contribution < 1.29 is 14.3 Å². The average molecular weight is 336 g/mol. The Morgan fingerprint density at radius 2 is 2.21 bits per heavy atom. The fourth-order valence-corrected chi connectivity index (χ4v) is 4.05. The van der Waals surface area contributed by atoms with Crippen molar-refractivity contribution in [1.29, 1.82) is 0 Å². The molecule has 5 heteroatoms. The van der Waals surface area contributed by atoms with E-state index in [0.29, 0.717) is 26.3 Å². The second kappa shape index (κ2) is 7.87. The van der Waals surface area contributed by atoms with Gasteiger partial charge in [-0.1, -0.05) is 25.5 Å². The van der Waals surface area contributed by atoms with Crippen molar-refractivity contribution in [2.75, 3.05) is 32.9 Å². The lowest BCUT2D eigenvalue weighted by Crippen LogP contribution is -2.57. The molecule has 3 rings (SSSR count). The predicted octanol–water partition coefficient (Wildman–Crippen LogP) is 3.10. The average Bonchev–Trinajstić information content (AvgIpc) is 3.15. The minimum absolute atomic E-state index is 0.0295. The molecule has 2 unspecified atom stereocenters. The highest BCUT2D eigenvalue weighted by Crippen LogP contribution is 2.33. The molecule has 0 bridgehead atoms. The zero-order valence-corrected chi connectivity index (χ0v) is 15.2. The van der Waals surface area contributed by atoms with Crippen molar-refractivity contribution in [2.45, 2.75) is 64.5 Å². The van der Waals surface area contributed by atoms with E-state index in [0.717, 1.165) is 19.4 Å². The monoisotopic (exact) mass is 336 g/mol. The van der Waals surface area contributed by atoms with E-state index < -0.39 is 0 Å². The van der Waals surface area contributed by atoms with Crippen LogP contribution in [0.4, 0.5) is 4.79 Å². The van der Waals surface area contributed by atoms with Gasteiger partial charge in [0, 0.05) is 25.1 Å². The first-order valence-corrected chi connectivity index (χ1v) is 9.51. The highest BCUT2D eigenvalue weighted by Gasteiger charge is 2.36. The third-order valence-corrected chi connectivity index (χ3v) is 5.66. The number of hydrogen-bond donors (Lipinski definition) is 1. The molecular weight excluding hydrogens is 304 g/mol. The Labute approximate surface area is 145 Å². The molecule has 2 saturated heterocycles. The summed E-state index contributed by atoms with van der Waals surface area (Å²) in [6, 6.07) is 0.0848.